The molecule has 0 saturated carbocycles. The predicted octanol–water partition coefficient (Wildman–Crippen LogP) is 0.230. The third-order valence-electron chi connectivity index (χ3n) is 3.31. The highest BCUT2D eigenvalue weighted by Gasteiger charge is 2.35. The molecule has 114 valence electrons. The quantitative estimate of drug-likeness (QED) is 0.629. The third kappa shape index (κ3) is 2.85. The molecule has 21 heavy (non-hydrogen) atoms. The molecule has 0 bridgehead atoms. The van der Waals surface area contributed by atoms with Crippen LogP contribution in [0.1, 0.15) is 6.42 Å². The highest BCUT2D eigenvalue weighted by Crippen LogP contribution is 2.27. The molecule has 10 heteroatoms. The highest BCUT2D eigenvalue weighted by atomic mass is 32.2. The molecule has 0 radical (unpaired) electrons. The van der Waals surface area contributed by atoms with Crippen LogP contribution in [-0.4, -0.2) is 36.6 Å². The number of nitro benzene ring substituents is 1. The van der Waals surface area contributed by atoms with Gasteiger partial charge in [0.2, 0.25) is 21.7 Å². The van der Waals surface area contributed by atoms with Crippen molar-refractivity contribution in [2.45, 2.75) is 11.3 Å². The molecule has 0 spiro atoms. The summed E-state index contributed by atoms with van der Waals surface area (Å²) in [7, 11) is -4.01. The van der Waals surface area contributed by atoms with Gasteiger partial charge in [0.25, 0.3) is 0 Å². The largest absolute Gasteiger partial charge is 0.369 e. The Labute approximate surface area is 119 Å². The number of hydrogen-bond donors (Lipinski definition) is 1. The molecule has 1 heterocycles. The van der Waals surface area contributed by atoms with Crippen molar-refractivity contribution in [3.05, 3.63) is 34.1 Å². The van der Waals surface area contributed by atoms with Gasteiger partial charge in [0.05, 0.1) is 15.7 Å². The van der Waals surface area contributed by atoms with E-state index in [1.807, 2.05) is 0 Å². The molecular formula is C11H12FN3O5S. The van der Waals surface area contributed by atoms with Crippen LogP contribution in [0.5, 0.6) is 0 Å². The van der Waals surface area contributed by atoms with Crippen molar-refractivity contribution in [1.29, 1.82) is 0 Å². The summed E-state index contributed by atoms with van der Waals surface area (Å²) in [6.45, 7) is 0.0187. The van der Waals surface area contributed by atoms with Crippen LogP contribution in [0.15, 0.2) is 23.1 Å². The fourth-order valence-electron chi connectivity index (χ4n) is 2.12. The average molecular weight is 317 g/mol. The van der Waals surface area contributed by atoms with E-state index in [1.165, 1.54) is 0 Å². The SMILES string of the molecule is NC(=O)C1CCN(S(=O)(=O)c2ccc([N+](=O)[O-])c(F)c2)C1. The second kappa shape index (κ2) is 5.37. The smallest absolute Gasteiger partial charge is 0.304 e. The van der Waals surface area contributed by atoms with Gasteiger partial charge in [-0.05, 0) is 12.5 Å². The molecule has 1 aliphatic heterocycles. The van der Waals surface area contributed by atoms with Gasteiger partial charge in [-0.2, -0.15) is 8.70 Å². The molecular weight excluding hydrogens is 305 g/mol. The van der Waals surface area contributed by atoms with Crippen LogP contribution in [0.4, 0.5) is 10.1 Å². The molecule has 0 aromatic heterocycles. The van der Waals surface area contributed by atoms with Crippen molar-refractivity contribution in [3.8, 4) is 0 Å². The van der Waals surface area contributed by atoms with E-state index in [0.29, 0.717) is 12.5 Å². The summed E-state index contributed by atoms with van der Waals surface area (Å²) in [4.78, 5) is 20.2. The lowest BCUT2D eigenvalue weighted by Crippen LogP contribution is -2.31. The topological polar surface area (TPSA) is 124 Å². The van der Waals surface area contributed by atoms with Crippen molar-refractivity contribution >= 4 is 21.6 Å². The number of hydrogen-bond acceptors (Lipinski definition) is 5. The van der Waals surface area contributed by atoms with E-state index in [-0.39, 0.29) is 13.1 Å². The van der Waals surface area contributed by atoms with Gasteiger partial charge in [-0.1, -0.05) is 0 Å². The molecule has 8 nitrogen and oxygen atoms in total. The number of nitro groups is 1. The van der Waals surface area contributed by atoms with Gasteiger partial charge >= 0.3 is 5.69 Å². The van der Waals surface area contributed by atoms with Crippen molar-refractivity contribution in [3.63, 3.8) is 0 Å². The summed E-state index contributed by atoms with van der Waals surface area (Å²) in [5, 5.41) is 10.5. The van der Waals surface area contributed by atoms with Crippen molar-refractivity contribution in [1.82, 2.24) is 4.31 Å². The van der Waals surface area contributed by atoms with E-state index < -0.39 is 43.2 Å². The summed E-state index contributed by atoms with van der Waals surface area (Å²) >= 11 is 0. The number of nitrogens with two attached hydrogens (primary N) is 1. The van der Waals surface area contributed by atoms with Crippen molar-refractivity contribution < 1.29 is 22.5 Å². The maximum absolute atomic E-state index is 13.5. The number of rotatable bonds is 4. The monoisotopic (exact) mass is 317 g/mol. The molecule has 1 fully saturated rings. The molecule has 1 saturated heterocycles. The van der Waals surface area contributed by atoms with Crippen LogP contribution in [0.3, 0.4) is 0 Å². The maximum atomic E-state index is 13.5. The van der Waals surface area contributed by atoms with Gasteiger partial charge in [-0.25, -0.2) is 8.42 Å². The Hall–Kier alpha value is -2.07. The summed E-state index contributed by atoms with van der Waals surface area (Å²) < 4.78 is 39.1. The van der Waals surface area contributed by atoms with Crippen LogP contribution in [0, 0.1) is 21.8 Å². The molecule has 0 aliphatic carbocycles. The Kier molecular flexibility index (Phi) is 3.92. The Bertz CT molecular complexity index is 706. The average Bonchev–Trinajstić information content (AvgIpc) is 2.88. The molecule has 1 aliphatic rings. The first-order chi connectivity index (χ1) is 9.73. The normalized spacial score (nSPS) is 19.6. The Balaban J connectivity index is 2.31. The second-order valence-electron chi connectivity index (χ2n) is 4.62. The van der Waals surface area contributed by atoms with Crippen molar-refractivity contribution in [2.75, 3.05) is 13.1 Å². The number of primary amides is 1. The number of amides is 1. The van der Waals surface area contributed by atoms with Crippen LogP contribution < -0.4 is 5.73 Å². The lowest BCUT2D eigenvalue weighted by atomic mass is 10.1. The van der Waals surface area contributed by atoms with Crippen LogP contribution >= 0.6 is 0 Å². The Morgan fingerprint density at radius 2 is 2.14 bits per heavy atom. The zero-order valence-corrected chi connectivity index (χ0v) is 11.5. The molecule has 1 aromatic carbocycles. The van der Waals surface area contributed by atoms with Gasteiger partial charge in [0.15, 0.2) is 0 Å². The minimum atomic E-state index is -4.01. The van der Waals surface area contributed by atoms with Gasteiger partial charge in [0, 0.05) is 25.2 Å². The maximum Gasteiger partial charge on any atom is 0.304 e. The van der Waals surface area contributed by atoms with Crippen molar-refractivity contribution in [2.24, 2.45) is 11.7 Å². The predicted molar refractivity (Wildman–Crippen MR) is 69.1 cm³/mol. The van der Waals surface area contributed by atoms with E-state index in [4.69, 9.17) is 5.73 Å². The number of benzene rings is 1. The lowest BCUT2D eigenvalue weighted by Gasteiger charge is -2.16. The highest BCUT2D eigenvalue weighted by molar-refractivity contribution is 7.89. The van der Waals surface area contributed by atoms with Crippen LogP contribution in [0.2, 0.25) is 0 Å². The molecule has 1 unspecified atom stereocenters. The lowest BCUT2D eigenvalue weighted by molar-refractivity contribution is -0.387. The number of halogens is 1. The number of carbonyl (C=O) groups excluding carboxylic acids is 1. The molecule has 1 atom stereocenters. The minimum Gasteiger partial charge on any atom is -0.369 e. The second-order valence-corrected chi connectivity index (χ2v) is 6.56. The van der Waals surface area contributed by atoms with E-state index in [0.717, 1.165) is 16.4 Å². The van der Waals surface area contributed by atoms with Gasteiger partial charge < -0.3 is 5.73 Å². The molecule has 2 N–H and O–H groups in total. The van der Waals surface area contributed by atoms with E-state index in [1.54, 1.807) is 0 Å². The van der Waals surface area contributed by atoms with Crippen LogP contribution in [0.25, 0.3) is 0 Å². The summed E-state index contributed by atoms with van der Waals surface area (Å²) in [5.74, 6) is -2.41. The number of sulfonamides is 1. The summed E-state index contributed by atoms with van der Waals surface area (Å²) in [5.41, 5.74) is 4.32. The fraction of sp³-hybridized carbons (Fsp3) is 0.364. The van der Waals surface area contributed by atoms with Crippen LogP contribution in [-0.2, 0) is 14.8 Å². The standard InChI is InChI=1S/C11H12FN3O5S/c12-9-5-8(1-2-10(9)15(17)18)21(19,20)14-4-3-7(6-14)11(13)16/h1-2,5,7H,3-4,6H2,(H2,13,16). The Morgan fingerprint density at radius 1 is 1.48 bits per heavy atom. The summed E-state index contributed by atoms with van der Waals surface area (Å²) in [6, 6.07) is 2.36. The first kappa shape index (κ1) is 15.3. The first-order valence-corrected chi connectivity index (χ1v) is 7.41. The zero-order chi connectivity index (χ0) is 15.8. The van der Waals surface area contributed by atoms with Gasteiger partial charge in [0.1, 0.15) is 0 Å². The Morgan fingerprint density at radius 3 is 2.62 bits per heavy atom. The summed E-state index contributed by atoms with van der Waals surface area (Å²) in [6.07, 6.45) is 0.296. The minimum absolute atomic E-state index is 0.0731. The van der Waals surface area contributed by atoms with E-state index >= 15 is 0 Å². The molecule has 1 amide bonds. The third-order valence-corrected chi connectivity index (χ3v) is 5.17. The molecule has 1 aromatic rings. The first-order valence-electron chi connectivity index (χ1n) is 5.97. The number of carbonyl (C=O) groups is 1. The van der Waals surface area contributed by atoms with E-state index in [9.17, 15) is 27.7 Å². The zero-order valence-electron chi connectivity index (χ0n) is 10.7. The van der Waals surface area contributed by atoms with Gasteiger partial charge in [-0.15, -0.1) is 0 Å². The van der Waals surface area contributed by atoms with Gasteiger partial charge in [-0.3, -0.25) is 14.9 Å². The fourth-order valence-corrected chi connectivity index (χ4v) is 3.64. The molecule has 2 rings (SSSR count). The number of nitrogens with zero attached hydrogens (tertiary/aromatic N) is 2. The van der Waals surface area contributed by atoms with E-state index in [2.05, 4.69) is 0 Å².